The van der Waals surface area contributed by atoms with Gasteiger partial charge in [0.25, 0.3) is 0 Å². The van der Waals surface area contributed by atoms with Gasteiger partial charge >= 0.3 is 0 Å². The molecule has 1 aromatic carbocycles. The van der Waals surface area contributed by atoms with E-state index in [0.29, 0.717) is 13.2 Å². The van der Waals surface area contributed by atoms with Crippen LogP contribution in [-0.4, -0.2) is 31.6 Å². The maximum atomic E-state index is 5.70. The standard InChI is InChI=1S/C14H19NO/c1-5-8-15(4)9-10-16-14-7-6-12(2)11-13(14)3/h1,6-7,11H,8-10H2,2-4H3. The molecule has 0 spiro atoms. The molecule has 0 saturated carbocycles. The van der Waals surface area contributed by atoms with E-state index in [1.165, 1.54) is 11.1 Å². The Balaban J connectivity index is 2.41. The molecule has 0 saturated heterocycles. The van der Waals surface area contributed by atoms with E-state index in [0.717, 1.165) is 12.3 Å². The molecule has 0 heterocycles. The molecule has 0 N–H and O–H groups in total. The Labute approximate surface area is 98.2 Å². The minimum Gasteiger partial charge on any atom is -0.492 e. The lowest BCUT2D eigenvalue weighted by atomic mass is 10.1. The topological polar surface area (TPSA) is 12.5 Å². The van der Waals surface area contributed by atoms with Gasteiger partial charge in [-0.3, -0.25) is 4.90 Å². The van der Waals surface area contributed by atoms with Gasteiger partial charge in [-0.25, -0.2) is 0 Å². The first kappa shape index (κ1) is 12.6. The molecule has 0 aliphatic heterocycles. The molecule has 0 radical (unpaired) electrons. The van der Waals surface area contributed by atoms with Crippen LogP contribution < -0.4 is 4.74 Å². The van der Waals surface area contributed by atoms with Crippen molar-refractivity contribution in [3.8, 4) is 18.1 Å². The molecule has 0 atom stereocenters. The van der Waals surface area contributed by atoms with E-state index >= 15 is 0 Å². The van der Waals surface area contributed by atoms with E-state index in [1.807, 2.05) is 13.1 Å². The number of benzene rings is 1. The zero-order chi connectivity index (χ0) is 12.0. The van der Waals surface area contributed by atoms with Crippen LogP contribution in [0.1, 0.15) is 11.1 Å². The van der Waals surface area contributed by atoms with E-state index in [2.05, 4.69) is 36.8 Å². The van der Waals surface area contributed by atoms with Crippen molar-refractivity contribution in [2.24, 2.45) is 0 Å². The van der Waals surface area contributed by atoms with Gasteiger partial charge in [-0.15, -0.1) is 6.42 Å². The normalized spacial score (nSPS) is 10.2. The summed E-state index contributed by atoms with van der Waals surface area (Å²) in [6.07, 6.45) is 5.22. The minimum atomic E-state index is 0.663. The molecule has 0 amide bonds. The first-order valence-electron chi connectivity index (χ1n) is 5.45. The van der Waals surface area contributed by atoms with E-state index in [1.54, 1.807) is 0 Å². The summed E-state index contributed by atoms with van der Waals surface area (Å²) in [4.78, 5) is 2.06. The molecule has 0 aliphatic rings. The van der Waals surface area contributed by atoms with Gasteiger partial charge in [0, 0.05) is 6.54 Å². The molecule has 0 bridgehead atoms. The monoisotopic (exact) mass is 217 g/mol. The van der Waals surface area contributed by atoms with Crippen molar-refractivity contribution >= 4 is 0 Å². The van der Waals surface area contributed by atoms with Crippen LogP contribution in [-0.2, 0) is 0 Å². The van der Waals surface area contributed by atoms with Crippen LogP contribution in [0.15, 0.2) is 18.2 Å². The lowest BCUT2D eigenvalue weighted by molar-refractivity contribution is 0.250. The lowest BCUT2D eigenvalue weighted by Crippen LogP contribution is -2.24. The summed E-state index contributed by atoms with van der Waals surface area (Å²) in [6, 6.07) is 6.21. The van der Waals surface area contributed by atoms with E-state index in [-0.39, 0.29) is 0 Å². The number of terminal acetylenes is 1. The second kappa shape index (κ2) is 6.19. The second-order valence-corrected chi connectivity index (χ2v) is 4.06. The van der Waals surface area contributed by atoms with Gasteiger partial charge < -0.3 is 4.74 Å². The maximum absolute atomic E-state index is 5.70. The van der Waals surface area contributed by atoms with Crippen LogP contribution >= 0.6 is 0 Å². The molecule has 86 valence electrons. The third-order valence-electron chi connectivity index (χ3n) is 2.42. The number of likely N-dealkylation sites (N-methyl/N-ethyl adjacent to an activating group) is 1. The van der Waals surface area contributed by atoms with Gasteiger partial charge in [-0.05, 0) is 32.5 Å². The lowest BCUT2D eigenvalue weighted by Gasteiger charge is -2.15. The minimum absolute atomic E-state index is 0.663. The van der Waals surface area contributed by atoms with Crippen molar-refractivity contribution in [3.63, 3.8) is 0 Å². The molecule has 0 fully saturated rings. The highest BCUT2D eigenvalue weighted by Gasteiger charge is 2.00. The summed E-state index contributed by atoms with van der Waals surface area (Å²) in [5.74, 6) is 3.56. The quantitative estimate of drug-likeness (QED) is 0.701. The number of hydrogen-bond donors (Lipinski definition) is 0. The van der Waals surface area contributed by atoms with Crippen molar-refractivity contribution in [2.45, 2.75) is 13.8 Å². The number of rotatable bonds is 5. The molecule has 16 heavy (non-hydrogen) atoms. The van der Waals surface area contributed by atoms with Gasteiger partial charge in [0.2, 0.25) is 0 Å². The van der Waals surface area contributed by atoms with Gasteiger partial charge in [-0.1, -0.05) is 23.6 Å². The Hall–Kier alpha value is -1.46. The van der Waals surface area contributed by atoms with Crippen LogP contribution in [0.25, 0.3) is 0 Å². The fourth-order valence-corrected chi connectivity index (χ4v) is 1.51. The highest BCUT2D eigenvalue weighted by Crippen LogP contribution is 2.18. The van der Waals surface area contributed by atoms with Crippen molar-refractivity contribution in [3.05, 3.63) is 29.3 Å². The largest absolute Gasteiger partial charge is 0.492 e. The van der Waals surface area contributed by atoms with Crippen LogP contribution in [0.2, 0.25) is 0 Å². The molecular weight excluding hydrogens is 198 g/mol. The van der Waals surface area contributed by atoms with Crippen LogP contribution in [0.3, 0.4) is 0 Å². The summed E-state index contributed by atoms with van der Waals surface area (Å²) < 4.78 is 5.70. The second-order valence-electron chi connectivity index (χ2n) is 4.06. The molecule has 0 aromatic heterocycles. The Bertz CT molecular complexity index is 379. The van der Waals surface area contributed by atoms with E-state index in [9.17, 15) is 0 Å². The van der Waals surface area contributed by atoms with Crippen LogP contribution in [0.5, 0.6) is 5.75 Å². The summed E-state index contributed by atoms with van der Waals surface area (Å²) in [5, 5.41) is 0. The van der Waals surface area contributed by atoms with Gasteiger partial charge in [0.05, 0.1) is 6.54 Å². The Kier molecular flexibility index (Phi) is 4.88. The molecular formula is C14H19NO. The third-order valence-corrected chi connectivity index (χ3v) is 2.42. The summed E-state index contributed by atoms with van der Waals surface area (Å²) in [7, 11) is 1.99. The number of nitrogens with zero attached hydrogens (tertiary/aromatic N) is 1. The molecule has 0 aliphatic carbocycles. The smallest absolute Gasteiger partial charge is 0.122 e. The molecule has 2 heteroatoms. The predicted octanol–water partition coefficient (Wildman–Crippen LogP) is 2.25. The fourth-order valence-electron chi connectivity index (χ4n) is 1.51. The van der Waals surface area contributed by atoms with Crippen molar-refractivity contribution < 1.29 is 4.74 Å². The number of aryl methyl sites for hydroxylation is 2. The average Bonchev–Trinajstić information content (AvgIpc) is 2.22. The first-order valence-corrected chi connectivity index (χ1v) is 5.45. The van der Waals surface area contributed by atoms with E-state index in [4.69, 9.17) is 11.2 Å². The highest BCUT2D eigenvalue weighted by molar-refractivity contribution is 5.35. The van der Waals surface area contributed by atoms with E-state index < -0.39 is 0 Å². The Morgan fingerprint density at radius 2 is 2.12 bits per heavy atom. The zero-order valence-corrected chi connectivity index (χ0v) is 10.3. The first-order chi connectivity index (χ1) is 7.63. The highest BCUT2D eigenvalue weighted by atomic mass is 16.5. The average molecular weight is 217 g/mol. The number of hydrogen-bond acceptors (Lipinski definition) is 2. The fraction of sp³-hybridized carbons (Fsp3) is 0.429. The number of ether oxygens (including phenoxy) is 1. The zero-order valence-electron chi connectivity index (χ0n) is 10.3. The van der Waals surface area contributed by atoms with Gasteiger partial charge in [-0.2, -0.15) is 0 Å². The molecule has 1 aromatic rings. The van der Waals surface area contributed by atoms with Crippen molar-refractivity contribution in [2.75, 3.05) is 26.7 Å². The van der Waals surface area contributed by atoms with Gasteiger partial charge in [0.15, 0.2) is 0 Å². The summed E-state index contributed by atoms with van der Waals surface area (Å²) in [5.41, 5.74) is 2.44. The van der Waals surface area contributed by atoms with Gasteiger partial charge in [0.1, 0.15) is 12.4 Å². The third kappa shape index (κ3) is 3.96. The SMILES string of the molecule is C#CCN(C)CCOc1ccc(C)cc1C. The predicted molar refractivity (Wildman–Crippen MR) is 67.7 cm³/mol. The summed E-state index contributed by atoms with van der Waals surface area (Å²) >= 11 is 0. The van der Waals surface area contributed by atoms with Crippen LogP contribution in [0, 0.1) is 26.2 Å². The van der Waals surface area contributed by atoms with Crippen molar-refractivity contribution in [1.29, 1.82) is 0 Å². The Morgan fingerprint density at radius 3 is 2.75 bits per heavy atom. The molecule has 1 rings (SSSR count). The Morgan fingerprint density at radius 1 is 1.38 bits per heavy atom. The van der Waals surface area contributed by atoms with Crippen molar-refractivity contribution in [1.82, 2.24) is 4.90 Å². The summed E-state index contributed by atoms with van der Waals surface area (Å²) in [6.45, 7) is 6.32. The van der Waals surface area contributed by atoms with Crippen LogP contribution in [0.4, 0.5) is 0 Å². The molecule has 0 unspecified atom stereocenters. The maximum Gasteiger partial charge on any atom is 0.122 e. The molecule has 2 nitrogen and oxygen atoms in total.